The van der Waals surface area contributed by atoms with Gasteiger partial charge in [-0.05, 0) is 54.3 Å². The number of methoxy groups -OCH3 is 1. The molecule has 0 bridgehead atoms. The molecule has 1 amide bonds. The SMILES string of the molecule is COc1cccc(Cc2ccc(C(N)=O)cc2C)c1. The van der Waals surface area contributed by atoms with Crippen LogP contribution in [0.2, 0.25) is 0 Å². The summed E-state index contributed by atoms with van der Waals surface area (Å²) in [4.78, 5) is 11.1. The quantitative estimate of drug-likeness (QED) is 0.913. The van der Waals surface area contributed by atoms with Gasteiger partial charge in [0, 0.05) is 5.56 Å². The van der Waals surface area contributed by atoms with Crippen molar-refractivity contribution in [1.29, 1.82) is 0 Å². The number of amides is 1. The van der Waals surface area contributed by atoms with Gasteiger partial charge in [-0.2, -0.15) is 0 Å². The smallest absolute Gasteiger partial charge is 0.248 e. The molecule has 0 heterocycles. The molecular formula is C16H17NO2. The van der Waals surface area contributed by atoms with Crippen LogP contribution in [0.25, 0.3) is 0 Å². The minimum Gasteiger partial charge on any atom is -0.497 e. The number of carbonyl (C=O) groups excluding carboxylic acids is 1. The highest BCUT2D eigenvalue weighted by molar-refractivity contribution is 5.93. The Bertz CT molecular complexity index is 605. The molecule has 2 N–H and O–H groups in total. The van der Waals surface area contributed by atoms with Crippen LogP contribution in [-0.4, -0.2) is 13.0 Å². The average molecular weight is 255 g/mol. The van der Waals surface area contributed by atoms with Gasteiger partial charge in [-0.1, -0.05) is 18.2 Å². The summed E-state index contributed by atoms with van der Waals surface area (Å²) in [5, 5.41) is 0. The van der Waals surface area contributed by atoms with E-state index in [9.17, 15) is 4.79 Å². The second-order valence-corrected chi connectivity index (χ2v) is 4.53. The standard InChI is InChI=1S/C16H17NO2/c1-11-8-14(16(17)18)7-6-13(11)9-12-4-3-5-15(10-12)19-2/h3-8,10H,9H2,1-2H3,(H2,17,18). The van der Waals surface area contributed by atoms with Gasteiger partial charge < -0.3 is 10.5 Å². The molecule has 98 valence electrons. The van der Waals surface area contributed by atoms with Crippen molar-refractivity contribution >= 4 is 5.91 Å². The Labute approximate surface area is 113 Å². The predicted octanol–water partition coefficient (Wildman–Crippen LogP) is 2.69. The first-order chi connectivity index (χ1) is 9.10. The van der Waals surface area contributed by atoms with Crippen LogP contribution in [0.5, 0.6) is 5.75 Å². The fourth-order valence-corrected chi connectivity index (χ4v) is 2.05. The van der Waals surface area contributed by atoms with Crippen LogP contribution in [0.1, 0.15) is 27.0 Å². The van der Waals surface area contributed by atoms with Crippen LogP contribution in [0.4, 0.5) is 0 Å². The van der Waals surface area contributed by atoms with E-state index in [1.165, 1.54) is 11.1 Å². The predicted molar refractivity (Wildman–Crippen MR) is 75.5 cm³/mol. The van der Waals surface area contributed by atoms with Crippen LogP contribution >= 0.6 is 0 Å². The van der Waals surface area contributed by atoms with E-state index in [2.05, 4.69) is 6.07 Å². The third-order valence-corrected chi connectivity index (χ3v) is 3.16. The summed E-state index contributed by atoms with van der Waals surface area (Å²) >= 11 is 0. The second-order valence-electron chi connectivity index (χ2n) is 4.53. The number of primary amides is 1. The fourth-order valence-electron chi connectivity index (χ4n) is 2.05. The summed E-state index contributed by atoms with van der Waals surface area (Å²) in [6.45, 7) is 1.99. The highest BCUT2D eigenvalue weighted by Gasteiger charge is 2.05. The van der Waals surface area contributed by atoms with E-state index < -0.39 is 5.91 Å². The summed E-state index contributed by atoms with van der Waals surface area (Å²) in [6, 6.07) is 13.5. The maximum Gasteiger partial charge on any atom is 0.248 e. The largest absolute Gasteiger partial charge is 0.497 e. The maximum atomic E-state index is 11.1. The van der Waals surface area contributed by atoms with Crippen LogP contribution < -0.4 is 10.5 Å². The van der Waals surface area contributed by atoms with Crippen molar-refractivity contribution < 1.29 is 9.53 Å². The van der Waals surface area contributed by atoms with Crippen molar-refractivity contribution in [3.05, 3.63) is 64.7 Å². The molecule has 0 atom stereocenters. The topological polar surface area (TPSA) is 52.3 Å². The first-order valence-electron chi connectivity index (χ1n) is 6.12. The summed E-state index contributed by atoms with van der Waals surface area (Å²) < 4.78 is 5.21. The molecule has 3 heteroatoms. The van der Waals surface area contributed by atoms with Crippen molar-refractivity contribution in [2.75, 3.05) is 7.11 Å². The molecule has 0 unspecified atom stereocenters. The third-order valence-electron chi connectivity index (χ3n) is 3.16. The van der Waals surface area contributed by atoms with Gasteiger partial charge in [0.25, 0.3) is 0 Å². The summed E-state index contributed by atoms with van der Waals surface area (Å²) in [5.74, 6) is 0.458. The lowest BCUT2D eigenvalue weighted by Crippen LogP contribution is -2.11. The van der Waals surface area contributed by atoms with Crippen molar-refractivity contribution in [3.8, 4) is 5.75 Å². The number of hydrogen-bond donors (Lipinski definition) is 1. The molecule has 0 spiro atoms. The molecule has 0 fully saturated rings. The Morgan fingerprint density at radius 1 is 1.21 bits per heavy atom. The zero-order valence-corrected chi connectivity index (χ0v) is 11.1. The van der Waals surface area contributed by atoms with E-state index in [4.69, 9.17) is 10.5 Å². The fraction of sp³-hybridized carbons (Fsp3) is 0.188. The number of carbonyl (C=O) groups is 1. The van der Waals surface area contributed by atoms with Crippen molar-refractivity contribution in [1.82, 2.24) is 0 Å². The van der Waals surface area contributed by atoms with Gasteiger partial charge in [-0.15, -0.1) is 0 Å². The molecule has 19 heavy (non-hydrogen) atoms. The van der Waals surface area contributed by atoms with Gasteiger partial charge in [0.1, 0.15) is 5.75 Å². The van der Waals surface area contributed by atoms with E-state index in [0.29, 0.717) is 5.56 Å². The van der Waals surface area contributed by atoms with E-state index >= 15 is 0 Å². The normalized spacial score (nSPS) is 10.2. The minimum atomic E-state index is -0.393. The Morgan fingerprint density at radius 3 is 2.63 bits per heavy atom. The Balaban J connectivity index is 2.25. The van der Waals surface area contributed by atoms with Crippen molar-refractivity contribution in [3.63, 3.8) is 0 Å². The van der Waals surface area contributed by atoms with Gasteiger partial charge in [0.15, 0.2) is 0 Å². The maximum absolute atomic E-state index is 11.1. The van der Waals surface area contributed by atoms with Crippen LogP contribution in [0.15, 0.2) is 42.5 Å². The number of aryl methyl sites for hydroxylation is 1. The summed E-state index contributed by atoms with van der Waals surface area (Å²) in [6.07, 6.45) is 0.808. The molecule has 2 rings (SSSR count). The molecular weight excluding hydrogens is 238 g/mol. The zero-order valence-electron chi connectivity index (χ0n) is 11.1. The lowest BCUT2D eigenvalue weighted by atomic mass is 9.98. The lowest BCUT2D eigenvalue weighted by molar-refractivity contribution is 0.1000. The van der Waals surface area contributed by atoms with E-state index in [-0.39, 0.29) is 0 Å². The van der Waals surface area contributed by atoms with Crippen LogP contribution in [-0.2, 0) is 6.42 Å². The summed E-state index contributed by atoms with van der Waals surface area (Å²) in [5.41, 5.74) is 9.24. The molecule has 0 aliphatic rings. The molecule has 3 nitrogen and oxygen atoms in total. The van der Waals surface area contributed by atoms with Crippen molar-refractivity contribution in [2.24, 2.45) is 5.73 Å². The molecule has 0 aliphatic heterocycles. The van der Waals surface area contributed by atoms with Gasteiger partial charge in [-0.25, -0.2) is 0 Å². The molecule has 0 aliphatic carbocycles. The lowest BCUT2D eigenvalue weighted by Gasteiger charge is -2.08. The van der Waals surface area contributed by atoms with Crippen LogP contribution in [0, 0.1) is 6.92 Å². The average Bonchev–Trinajstić information content (AvgIpc) is 2.41. The minimum absolute atomic E-state index is 0.393. The van der Waals surface area contributed by atoms with Gasteiger partial charge >= 0.3 is 0 Å². The number of ether oxygens (including phenoxy) is 1. The molecule has 0 aromatic heterocycles. The van der Waals surface area contributed by atoms with Crippen molar-refractivity contribution in [2.45, 2.75) is 13.3 Å². The van der Waals surface area contributed by atoms with Gasteiger partial charge in [-0.3, -0.25) is 4.79 Å². The van der Waals surface area contributed by atoms with E-state index in [0.717, 1.165) is 17.7 Å². The number of hydrogen-bond acceptors (Lipinski definition) is 2. The molecule has 0 radical (unpaired) electrons. The zero-order chi connectivity index (χ0) is 13.8. The molecule has 0 saturated heterocycles. The monoisotopic (exact) mass is 255 g/mol. The number of benzene rings is 2. The first-order valence-corrected chi connectivity index (χ1v) is 6.12. The highest BCUT2D eigenvalue weighted by Crippen LogP contribution is 2.19. The summed E-state index contributed by atoms with van der Waals surface area (Å²) in [7, 11) is 1.66. The van der Waals surface area contributed by atoms with Gasteiger partial charge in [0.2, 0.25) is 5.91 Å². The highest BCUT2D eigenvalue weighted by atomic mass is 16.5. The second kappa shape index (κ2) is 5.57. The Morgan fingerprint density at radius 2 is 2.00 bits per heavy atom. The Hall–Kier alpha value is -2.29. The van der Waals surface area contributed by atoms with E-state index in [1.807, 2.05) is 37.3 Å². The third kappa shape index (κ3) is 3.13. The molecule has 2 aromatic rings. The first kappa shape index (κ1) is 13.1. The number of nitrogens with two attached hydrogens (primary N) is 1. The van der Waals surface area contributed by atoms with Gasteiger partial charge in [0.05, 0.1) is 7.11 Å². The van der Waals surface area contributed by atoms with E-state index in [1.54, 1.807) is 13.2 Å². The molecule has 2 aromatic carbocycles. The van der Waals surface area contributed by atoms with Crippen LogP contribution in [0.3, 0.4) is 0 Å². The Kier molecular flexibility index (Phi) is 3.85. The molecule has 0 saturated carbocycles. The number of rotatable bonds is 4.